The van der Waals surface area contributed by atoms with E-state index in [1.54, 1.807) is 30.8 Å². The van der Waals surface area contributed by atoms with Gasteiger partial charge < -0.3 is 5.11 Å². The molecule has 1 aromatic rings. The molecule has 0 spiro atoms. The minimum atomic E-state index is -0.406. The lowest BCUT2D eigenvalue weighted by atomic mass is 10.2. The Labute approximate surface area is 113 Å². The molecule has 1 aromatic carbocycles. The van der Waals surface area contributed by atoms with Crippen LogP contribution in [0.2, 0.25) is 0 Å². The molecule has 0 bridgehead atoms. The molecule has 4 nitrogen and oxygen atoms in total. The number of benzene rings is 1. The lowest BCUT2D eigenvalue weighted by Crippen LogP contribution is -2.15. The minimum absolute atomic E-state index is 0.0767. The van der Waals surface area contributed by atoms with Crippen LogP contribution in [0.1, 0.15) is 19.4 Å². The molecule has 0 amide bonds. The molecule has 94 valence electrons. The van der Waals surface area contributed by atoms with E-state index in [0.717, 1.165) is 5.56 Å². The molecule has 0 aromatic heterocycles. The highest BCUT2D eigenvalue weighted by Crippen LogP contribution is 2.28. The van der Waals surface area contributed by atoms with Crippen LogP contribution in [-0.2, 0) is 5.75 Å². The molecule has 1 rings (SSSR count). The summed E-state index contributed by atoms with van der Waals surface area (Å²) in [6.45, 7) is 3.67. The Morgan fingerprint density at radius 3 is 2.71 bits per heavy atom. The summed E-state index contributed by atoms with van der Waals surface area (Å²) in [5.74, 6) is 0.653. The summed E-state index contributed by atoms with van der Waals surface area (Å²) in [7, 11) is 0. The van der Waals surface area contributed by atoms with Gasteiger partial charge in [0, 0.05) is 17.1 Å². The molecular formula is C11H14BrNO3S. The molecular weight excluding hydrogens is 306 g/mol. The van der Waals surface area contributed by atoms with Gasteiger partial charge in [-0.3, -0.25) is 10.1 Å². The summed E-state index contributed by atoms with van der Waals surface area (Å²) in [5, 5.41) is 20.2. The van der Waals surface area contributed by atoms with Gasteiger partial charge >= 0.3 is 0 Å². The van der Waals surface area contributed by atoms with Gasteiger partial charge in [-0.15, -0.1) is 0 Å². The number of aliphatic hydroxyl groups is 1. The van der Waals surface area contributed by atoms with E-state index in [1.807, 2.05) is 13.0 Å². The Bertz CT molecular complexity index is 412. The van der Waals surface area contributed by atoms with E-state index in [4.69, 9.17) is 0 Å². The van der Waals surface area contributed by atoms with E-state index < -0.39 is 4.92 Å². The highest BCUT2D eigenvalue weighted by Gasteiger charge is 2.14. The van der Waals surface area contributed by atoms with Gasteiger partial charge in [-0.05, 0) is 34.5 Å². The van der Waals surface area contributed by atoms with Crippen LogP contribution in [0, 0.1) is 10.1 Å². The summed E-state index contributed by atoms with van der Waals surface area (Å²) in [6, 6.07) is 5.09. The van der Waals surface area contributed by atoms with Crippen molar-refractivity contribution < 1.29 is 10.0 Å². The molecule has 6 heteroatoms. The van der Waals surface area contributed by atoms with Crippen LogP contribution in [0.25, 0.3) is 0 Å². The van der Waals surface area contributed by atoms with Crippen molar-refractivity contribution in [2.24, 2.45) is 0 Å². The van der Waals surface area contributed by atoms with E-state index >= 15 is 0 Å². The average Bonchev–Trinajstić information content (AvgIpc) is 2.26. The van der Waals surface area contributed by atoms with Crippen molar-refractivity contribution in [2.45, 2.75) is 31.0 Å². The molecule has 0 fully saturated rings. The molecule has 0 aliphatic carbocycles. The zero-order valence-corrected chi connectivity index (χ0v) is 12.0. The molecule has 2 atom stereocenters. The summed E-state index contributed by atoms with van der Waals surface area (Å²) >= 11 is 4.72. The average molecular weight is 320 g/mol. The maximum Gasteiger partial charge on any atom is 0.283 e. The van der Waals surface area contributed by atoms with Crippen molar-refractivity contribution in [3.8, 4) is 0 Å². The van der Waals surface area contributed by atoms with Gasteiger partial charge in [0.15, 0.2) is 0 Å². The van der Waals surface area contributed by atoms with Crippen LogP contribution < -0.4 is 0 Å². The van der Waals surface area contributed by atoms with Crippen molar-refractivity contribution in [2.75, 3.05) is 0 Å². The molecule has 0 aliphatic heterocycles. The van der Waals surface area contributed by atoms with Crippen LogP contribution in [0.15, 0.2) is 22.7 Å². The van der Waals surface area contributed by atoms with Gasteiger partial charge in [-0.25, -0.2) is 0 Å². The van der Waals surface area contributed by atoms with Gasteiger partial charge in [0.25, 0.3) is 5.69 Å². The fraction of sp³-hybridized carbons (Fsp3) is 0.455. The Hall–Kier alpha value is -0.590. The number of hydrogen-bond acceptors (Lipinski definition) is 4. The van der Waals surface area contributed by atoms with E-state index in [9.17, 15) is 15.2 Å². The monoisotopic (exact) mass is 319 g/mol. The van der Waals surface area contributed by atoms with Crippen molar-refractivity contribution in [3.63, 3.8) is 0 Å². The van der Waals surface area contributed by atoms with Crippen LogP contribution in [0.4, 0.5) is 5.69 Å². The number of hydrogen-bond donors (Lipinski definition) is 1. The van der Waals surface area contributed by atoms with Crippen LogP contribution in [-0.4, -0.2) is 21.4 Å². The number of nitrogens with zero attached hydrogens (tertiary/aromatic N) is 1. The lowest BCUT2D eigenvalue weighted by Gasteiger charge is -2.13. The minimum Gasteiger partial charge on any atom is -0.392 e. The SMILES string of the molecule is CC(O)C(C)SCc1ccc(Br)c([N+](=O)[O-])c1. The standard InChI is InChI=1S/C11H14BrNO3S/c1-7(14)8(2)17-6-9-3-4-10(12)11(5-9)13(15)16/h3-5,7-8,14H,6H2,1-2H3. The van der Waals surface area contributed by atoms with Crippen molar-refractivity contribution >= 4 is 33.4 Å². The second kappa shape index (κ2) is 6.37. The third kappa shape index (κ3) is 4.29. The number of thioether (sulfide) groups is 1. The van der Waals surface area contributed by atoms with Crippen LogP contribution in [0.3, 0.4) is 0 Å². The number of aliphatic hydroxyl groups excluding tert-OH is 1. The first-order valence-electron chi connectivity index (χ1n) is 5.14. The van der Waals surface area contributed by atoms with E-state index in [0.29, 0.717) is 10.2 Å². The smallest absolute Gasteiger partial charge is 0.283 e. The van der Waals surface area contributed by atoms with Gasteiger partial charge in [0.1, 0.15) is 0 Å². The highest BCUT2D eigenvalue weighted by molar-refractivity contribution is 9.10. The number of halogens is 1. The normalized spacial score (nSPS) is 14.4. The molecule has 2 unspecified atom stereocenters. The van der Waals surface area contributed by atoms with Gasteiger partial charge in [-0.2, -0.15) is 11.8 Å². The number of nitro groups is 1. The first kappa shape index (κ1) is 14.5. The summed E-state index contributed by atoms with van der Waals surface area (Å²) in [4.78, 5) is 10.3. The first-order chi connectivity index (χ1) is 7.91. The summed E-state index contributed by atoms with van der Waals surface area (Å²) in [5.41, 5.74) is 0.963. The fourth-order valence-corrected chi connectivity index (χ4v) is 2.46. The van der Waals surface area contributed by atoms with Crippen LogP contribution >= 0.6 is 27.7 Å². The summed E-state index contributed by atoms with van der Waals surface area (Å²) < 4.78 is 0.486. The van der Waals surface area contributed by atoms with E-state index in [2.05, 4.69) is 15.9 Å². The largest absolute Gasteiger partial charge is 0.392 e. The Morgan fingerprint density at radius 2 is 2.18 bits per heavy atom. The molecule has 1 N–H and O–H groups in total. The molecule has 0 saturated carbocycles. The maximum absolute atomic E-state index is 10.7. The zero-order valence-electron chi connectivity index (χ0n) is 9.59. The Kier molecular flexibility index (Phi) is 5.42. The van der Waals surface area contributed by atoms with Gasteiger partial charge in [0.05, 0.1) is 15.5 Å². The maximum atomic E-state index is 10.7. The molecule has 0 saturated heterocycles. The Morgan fingerprint density at radius 1 is 1.53 bits per heavy atom. The second-order valence-corrected chi connectivity index (χ2v) is 6.02. The van der Waals surface area contributed by atoms with Crippen molar-refractivity contribution in [3.05, 3.63) is 38.3 Å². The number of nitro benzene ring substituents is 1. The van der Waals surface area contributed by atoms with Gasteiger partial charge in [0.2, 0.25) is 0 Å². The quantitative estimate of drug-likeness (QED) is 0.667. The van der Waals surface area contributed by atoms with E-state index in [1.165, 1.54) is 0 Å². The van der Waals surface area contributed by atoms with Gasteiger partial charge in [-0.1, -0.05) is 13.0 Å². The zero-order chi connectivity index (χ0) is 13.0. The molecule has 0 aliphatic rings. The fourth-order valence-electron chi connectivity index (χ4n) is 1.15. The third-order valence-corrected chi connectivity index (χ3v) is 4.49. The lowest BCUT2D eigenvalue weighted by molar-refractivity contribution is -0.385. The third-order valence-electron chi connectivity index (χ3n) is 2.40. The predicted molar refractivity (Wildman–Crippen MR) is 73.2 cm³/mol. The van der Waals surface area contributed by atoms with Crippen molar-refractivity contribution in [1.29, 1.82) is 0 Å². The molecule has 0 radical (unpaired) electrons. The predicted octanol–water partition coefficient (Wildman–Crippen LogP) is 3.36. The highest BCUT2D eigenvalue weighted by atomic mass is 79.9. The second-order valence-electron chi connectivity index (χ2n) is 3.80. The topological polar surface area (TPSA) is 63.4 Å². The number of rotatable bonds is 5. The van der Waals surface area contributed by atoms with E-state index in [-0.39, 0.29) is 17.0 Å². The summed E-state index contributed by atoms with van der Waals surface area (Å²) in [6.07, 6.45) is -0.384. The van der Waals surface area contributed by atoms with Crippen molar-refractivity contribution in [1.82, 2.24) is 0 Å². The molecule has 17 heavy (non-hydrogen) atoms. The van der Waals surface area contributed by atoms with Crippen LogP contribution in [0.5, 0.6) is 0 Å². The first-order valence-corrected chi connectivity index (χ1v) is 6.98. The molecule has 0 heterocycles. The Balaban J connectivity index is 2.73.